The van der Waals surface area contributed by atoms with Crippen molar-refractivity contribution in [1.29, 1.82) is 0 Å². The van der Waals surface area contributed by atoms with E-state index in [1.807, 2.05) is 48.5 Å². The van der Waals surface area contributed by atoms with E-state index in [0.717, 1.165) is 23.4 Å². The highest BCUT2D eigenvalue weighted by Gasteiger charge is 2.64. The van der Waals surface area contributed by atoms with Crippen molar-refractivity contribution in [3.8, 4) is 5.75 Å². The summed E-state index contributed by atoms with van der Waals surface area (Å²) >= 11 is 0. The third kappa shape index (κ3) is 2.90. The number of rotatable bonds is 3. The zero-order chi connectivity index (χ0) is 20.9. The minimum Gasteiger partial charge on any atom is -0.487 e. The van der Waals surface area contributed by atoms with Crippen molar-refractivity contribution >= 4 is 11.8 Å². The quantitative estimate of drug-likeness (QED) is 0.736. The predicted molar refractivity (Wildman–Crippen MR) is 114 cm³/mol. The van der Waals surface area contributed by atoms with Crippen LogP contribution in [0.2, 0.25) is 0 Å². The molecule has 0 aromatic heterocycles. The highest BCUT2D eigenvalue weighted by Crippen LogP contribution is 2.63. The Morgan fingerprint density at radius 1 is 1.13 bits per heavy atom. The van der Waals surface area contributed by atoms with Crippen molar-refractivity contribution in [2.45, 2.75) is 38.9 Å². The topological polar surface area (TPSA) is 56.8 Å². The van der Waals surface area contributed by atoms with Crippen LogP contribution in [0.15, 0.2) is 54.6 Å². The van der Waals surface area contributed by atoms with Gasteiger partial charge in [0.2, 0.25) is 0 Å². The van der Waals surface area contributed by atoms with Crippen LogP contribution < -0.4 is 10.1 Å². The fraction of sp³-hybridized carbons (Fsp3) is 0.480. The molecule has 2 heterocycles. The van der Waals surface area contributed by atoms with Gasteiger partial charge in [-0.3, -0.25) is 5.32 Å². The predicted octanol–water partition coefficient (Wildman–Crippen LogP) is 5.44. The minimum atomic E-state index is -0.421. The Labute approximate surface area is 177 Å². The molecule has 5 heteroatoms. The fourth-order valence-corrected chi connectivity index (χ4v) is 6.13. The van der Waals surface area contributed by atoms with E-state index in [2.05, 4.69) is 32.2 Å². The average molecular weight is 408 g/mol. The van der Waals surface area contributed by atoms with Crippen LogP contribution >= 0.6 is 0 Å². The number of hydrogen-bond donors (Lipinski definition) is 1. The van der Waals surface area contributed by atoms with Crippen LogP contribution in [0, 0.1) is 23.2 Å². The molecule has 5 rings (SSSR count). The van der Waals surface area contributed by atoms with Crippen molar-refractivity contribution in [2.24, 2.45) is 23.2 Å². The first-order valence-electron chi connectivity index (χ1n) is 10.8. The van der Waals surface area contributed by atoms with Crippen LogP contribution in [-0.4, -0.2) is 24.9 Å². The van der Waals surface area contributed by atoms with Gasteiger partial charge in [0.1, 0.15) is 18.0 Å². The standard InChI is InChI=1S/C25H29NO4/c1-16-13-24(3)21-17(2)25(16,15-29-23(27)26-18-9-5-4-6-10-18)14-28-22(21)19-11-7-8-12-20(19)30-24/h4-12,16-17,21-22H,13-15H2,1-3H3,(H,26,27)/t16-,17-,21+,22-,24+,25+/m0/s1. The largest absolute Gasteiger partial charge is 0.487 e. The van der Waals surface area contributed by atoms with Gasteiger partial charge in [-0.15, -0.1) is 0 Å². The van der Waals surface area contributed by atoms with Gasteiger partial charge < -0.3 is 14.2 Å². The zero-order valence-corrected chi connectivity index (χ0v) is 17.8. The number of carbonyl (C=O) groups excluding carboxylic acids is 1. The van der Waals surface area contributed by atoms with Crippen molar-refractivity contribution in [2.75, 3.05) is 18.5 Å². The fourth-order valence-electron chi connectivity index (χ4n) is 6.13. The van der Waals surface area contributed by atoms with E-state index in [1.165, 1.54) is 0 Å². The summed E-state index contributed by atoms with van der Waals surface area (Å²) in [4.78, 5) is 12.4. The molecule has 5 nitrogen and oxygen atoms in total. The van der Waals surface area contributed by atoms with Crippen molar-refractivity contribution in [3.05, 3.63) is 60.2 Å². The third-order valence-electron chi connectivity index (χ3n) is 7.76. The summed E-state index contributed by atoms with van der Waals surface area (Å²) in [5.41, 5.74) is 1.37. The highest BCUT2D eigenvalue weighted by molar-refractivity contribution is 5.84. The van der Waals surface area contributed by atoms with E-state index < -0.39 is 6.09 Å². The number of carbonyl (C=O) groups is 1. The van der Waals surface area contributed by atoms with E-state index in [9.17, 15) is 4.79 Å². The summed E-state index contributed by atoms with van der Waals surface area (Å²) in [6.45, 7) is 7.66. The monoisotopic (exact) mass is 407 g/mol. The van der Waals surface area contributed by atoms with E-state index >= 15 is 0 Å². The minimum absolute atomic E-state index is 0.0220. The van der Waals surface area contributed by atoms with Gasteiger partial charge in [0.05, 0.1) is 12.7 Å². The van der Waals surface area contributed by atoms with Gasteiger partial charge in [-0.25, -0.2) is 4.79 Å². The van der Waals surface area contributed by atoms with Gasteiger partial charge in [-0.2, -0.15) is 0 Å². The Kier molecular flexibility index (Phi) is 4.55. The van der Waals surface area contributed by atoms with Crippen LogP contribution in [-0.2, 0) is 9.47 Å². The SMILES string of the molecule is C[C@H]1C[C@@]2(C)Oc3ccccc3[C@@H]3OC[C@]1(COC(=O)Nc1ccccc1)[C@@H](C)[C@H]32. The molecule has 2 aromatic carbocycles. The number of amides is 1. The molecule has 158 valence electrons. The summed E-state index contributed by atoms with van der Waals surface area (Å²) in [6, 6.07) is 17.6. The molecule has 2 fully saturated rings. The second kappa shape index (κ2) is 7.02. The molecular weight excluding hydrogens is 378 g/mol. The van der Waals surface area contributed by atoms with Gasteiger partial charge in [0.25, 0.3) is 0 Å². The van der Waals surface area contributed by atoms with E-state index in [1.54, 1.807) is 0 Å². The summed E-state index contributed by atoms with van der Waals surface area (Å²) in [6.07, 6.45) is 0.518. The molecule has 1 saturated carbocycles. The molecule has 1 saturated heterocycles. The van der Waals surface area contributed by atoms with Crippen LogP contribution in [0.1, 0.15) is 38.9 Å². The molecule has 0 spiro atoms. The highest BCUT2D eigenvalue weighted by atomic mass is 16.6. The molecule has 0 radical (unpaired) electrons. The summed E-state index contributed by atoms with van der Waals surface area (Å²) in [5, 5.41) is 2.82. The molecule has 2 aliphatic heterocycles. The molecule has 30 heavy (non-hydrogen) atoms. The van der Waals surface area contributed by atoms with Gasteiger partial charge in [0, 0.05) is 22.6 Å². The molecule has 2 bridgehead atoms. The lowest BCUT2D eigenvalue weighted by Crippen LogP contribution is -2.66. The van der Waals surface area contributed by atoms with Crippen LogP contribution in [0.4, 0.5) is 10.5 Å². The number of hydrogen-bond acceptors (Lipinski definition) is 4. The van der Waals surface area contributed by atoms with Crippen LogP contribution in [0.25, 0.3) is 0 Å². The first-order valence-corrected chi connectivity index (χ1v) is 10.8. The molecule has 6 atom stereocenters. The number of para-hydroxylation sites is 2. The third-order valence-corrected chi connectivity index (χ3v) is 7.76. The normalized spacial score (nSPS) is 36.2. The average Bonchev–Trinajstić information content (AvgIpc) is 2.73. The number of fused-ring (bicyclic) bond motifs is 3. The van der Waals surface area contributed by atoms with Gasteiger partial charge in [-0.1, -0.05) is 50.2 Å². The number of ether oxygens (including phenoxy) is 3. The maximum atomic E-state index is 12.4. The van der Waals surface area contributed by atoms with Crippen LogP contribution in [0.5, 0.6) is 5.75 Å². The zero-order valence-electron chi connectivity index (χ0n) is 17.8. The molecule has 1 amide bonds. The Balaban J connectivity index is 1.38. The Hall–Kier alpha value is -2.53. The van der Waals surface area contributed by atoms with Crippen LogP contribution in [0.3, 0.4) is 0 Å². The Morgan fingerprint density at radius 2 is 1.87 bits per heavy atom. The lowest BCUT2D eigenvalue weighted by Gasteiger charge is -2.63. The summed E-state index contributed by atoms with van der Waals surface area (Å²) in [5.74, 6) is 1.75. The number of nitrogens with one attached hydrogen (secondary N) is 1. The molecular formula is C25H29NO4. The maximum Gasteiger partial charge on any atom is 0.411 e. The molecule has 1 N–H and O–H groups in total. The summed E-state index contributed by atoms with van der Waals surface area (Å²) < 4.78 is 18.8. The second-order valence-electron chi connectivity index (χ2n) is 9.40. The number of anilines is 1. The first kappa shape index (κ1) is 19.4. The molecule has 1 aliphatic carbocycles. The van der Waals surface area contributed by atoms with E-state index in [4.69, 9.17) is 14.2 Å². The first-order chi connectivity index (χ1) is 14.4. The van der Waals surface area contributed by atoms with E-state index in [0.29, 0.717) is 25.0 Å². The van der Waals surface area contributed by atoms with Crippen molar-refractivity contribution in [1.82, 2.24) is 0 Å². The van der Waals surface area contributed by atoms with Crippen molar-refractivity contribution < 1.29 is 19.0 Å². The lowest BCUT2D eigenvalue weighted by molar-refractivity contribution is -0.259. The molecule has 3 aliphatic rings. The molecule has 2 aromatic rings. The van der Waals surface area contributed by atoms with Gasteiger partial charge in [-0.05, 0) is 43.4 Å². The lowest BCUT2D eigenvalue weighted by atomic mass is 9.50. The van der Waals surface area contributed by atoms with Gasteiger partial charge in [0.15, 0.2) is 0 Å². The van der Waals surface area contributed by atoms with E-state index in [-0.39, 0.29) is 23.0 Å². The van der Waals surface area contributed by atoms with Crippen molar-refractivity contribution in [3.63, 3.8) is 0 Å². The molecule has 0 unspecified atom stereocenters. The second-order valence-corrected chi connectivity index (χ2v) is 9.40. The maximum absolute atomic E-state index is 12.4. The number of benzene rings is 2. The Bertz CT molecular complexity index is 947. The Morgan fingerprint density at radius 3 is 2.67 bits per heavy atom. The summed E-state index contributed by atoms with van der Waals surface area (Å²) in [7, 11) is 0. The smallest absolute Gasteiger partial charge is 0.411 e. The van der Waals surface area contributed by atoms with Gasteiger partial charge >= 0.3 is 6.09 Å².